The third kappa shape index (κ3) is 2.88. The quantitative estimate of drug-likeness (QED) is 0.727. The molecule has 0 bridgehead atoms. The van der Waals surface area contributed by atoms with Crippen molar-refractivity contribution in [3.63, 3.8) is 0 Å². The number of aromatic nitrogens is 3. The largest absolute Gasteiger partial charge is 0.394 e. The molecule has 1 amide bonds. The highest BCUT2D eigenvalue weighted by Crippen LogP contribution is 2.10. The van der Waals surface area contributed by atoms with Crippen molar-refractivity contribution in [2.24, 2.45) is 7.05 Å². The maximum absolute atomic E-state index is 12.0. The molecule has 0 fully saturated rings. The van der Waals surface area contributed by atoms with Crippen LogP contribution in [0.1, 0.15) is 22.2 Å². The molecule has 0 aliphatic rings. The molecule has 0 unspecified atom stereocenters. The van der Waals surface area contributed by atoms with Gasteiger partial charge in [-0.2, -0.15) is 5.10 Å². The Morgan fingerprint density at radius 2 is 2.21 bits per heavy atom. The number of benzene rings is 1. The van der Waals surface area contributed by atoms with E-state index in [0.29, 0.717) is 16.2 Å². The highest BCUT2D eigenvalue weighted by atomic mass is 32.1. The highest BCUT2D eigenvalue weighted by molar-refractivity contribution is 7.71. The Morgan fingerprint density at radius 3 is 2.74 bits per heavy atom. The summed E-state index contributed by atoms with van der Waals surface area (Å²) in [5.41, 5.74) is 0.526. The summed E-state index contributed by atoms with van der Waals surface area (Å²) in [6, 6.07) is 8.18. The zero-order chi connectivity index (χ0) is 13.8. The molecule has 100 valence electrons. The van der Waals surface area contributed by atoms with Crippen LogP contribution in [-0.2, 0) is 7.05 Å². The zero-order valence-corrected chi connectivity index (χ0v) is 11.1. The molecule has 2 aromatic rings. The van der Waals surface area contributed by atoms with Crippen molar-refractivity contribution in [1.29, 1.82) is 0 Å². The molecule has 6 nitrogen and oxygen atoms in total. The Morgan fingerprint density at radius 1 is 1.53 bits per heavy atom. The SMILES string of the molecule is Cn1c([C@@H](CO)NC(=O)c2ccccc2)n[nH]c1=S. The first-order chi connectivity index (χ1) is 9.13. The van der Waals surface area contributed by atoms with E-state index in [1.807, 2.05) is 6.07 Å². The number of amides is 1. The smallest absolute Gasteiger partial charge is 0.251 e. The molecule has 3 N–H and O–H groups in total. The first-order valence-electron chi connectivity index (χ1n) is 5.71. The summed E-state index contributed by atoms with van der Waals surface area (Å²) in [4.78, 5) is 12.0. The molecule has 0 spiro atoms. The van der Waals surface area contributed by atoms with Gasteiger partial charge in [-0.3, -0.25) is 9.89 Å². The summed E-state index contributed by atoms with van der Waals surface area (Å²) < 4.78 is 2.05. The molecule has 0 saturated carbocycles. The van der Waals surface area contributed by atoms with Crippen molar-refractivity contribution in [1.82, 2.24) is 20.1 Å². The van der Waals surface area contributed by atoms with Gasteiger partial charge in [0.15, 0.2) is 10.6 Å². The maximum Gasteiger partial charge on any atom is 0.251 e. The normalized spacial score (nSPS) is 12.1. The van der Waals surface area contributed by atoms with Gasteiger partial charge in [-0.25, -0.2) is 0 Å². The molecule has 0 saturated heterocycles. The van der Waals surface area contributed by atoms with E-state index in [-0.39, 0.29) is 12.5 Å². The highest BCUT2D eigenvalue weighted by Gasteiger charge is 2.19. The minimum Gasteiger partial charge on any atom is -0.394 e. The van der Waals surface area contributed by atoms with Crippen LogP contribution in [0.3, 0.4) is 0 Å². The van der Waals surface area contributed by atoms with Crippen LogP contribution in [0.4, 0.5) is 0 Å². The van der Waals surface area contributed by atoms with Gasteiger partial charge in [0, 0.05) is 12.6 Å². The van der Waals surface area contributed by atoms with Gasteiger partial charge < -0.3 is 15.0 Å². The molecule has 2 rings (SSSR count). The van der Waals surface area contributed by atoms with E-state index in [1.54, 1.807) is 35.9 Å². The zero-order valence-electron chi connectivity index (χ0n) is 10.3. The monoisotopic (exact) mass is 278 g/mol. The fourth-order valence-electron chi connectivity index (χ4n) is 1.69. The summed E-state index contributed by atoms with van der Waals surface area (Å²) in [5, 5.41) is 18.7. The van der Waals surface area contributed by atoms with Crippen LogP contribution >= 0.6 is 12.2 Å². The summed E-state index contributed by atoms with van der Waals surface area (Å²) in [6.45, 7) is -0.258. The fraction of sp³-hybridized carbons (Fsp3) is 0.250. The summed E-state index contributed by atoms with van der Waals surface area (Å²) in [6.07, 6.45) is 0. The van der Waals surface area contributed by atoms with E-state index in [9.17, 15) is 9.90 Å². The average molecular weight is 278 g/mol. The van der Waals surface area contributed by atoms with Crippen molar-refractivity contribution in [3.05, 3.63) is 46.5 Å². The lowest BCUT2D eigenvalue weighted by Crippen LogP contribution is -2.32. The van der Waals surface area contributed by atoms with E-state index in [1.165, 1.54) is 0 Å². The molecule has 1 heterocycles. The number of hydrogen-bond donors (Lipinski definition) is 3. The van der Waals surface area contributed by atoms with Crippen molar-refractivity contribution < 1.29 is 9.90 Å². The van der Waals surface area contributed by atoms with E-state index in [2.05, 4.69) is 15.5 Å². The van der Waals surface area contributed by atoms with Crippen molar-refractivity contribution in [3.8, 4) is 0 Å². The molecule has 1 aromatic heterocycles. The van der Waals surface area contributed by atoms with Gasteiger partial charge in [0.05, 0.1) is 6.61 Å². The molecule has 19 heavy (non-hydrogen) atoms. The minimum absolute atomic E-state index is 0.258. The summed E-state index contributed by atoms with van der Waals surface area (Å²) in [7, 11) is 1.72. The Labute approximate surface area is 115 Å². The van der Waals surface area contributed by atoms with Crippen LogP contribution in [0.5, 0.6) is 0 Å². The van der Waals surface area contributed by atoms with Gasteiger partial charge in [-0.05, 0) is 24.4 Å². The first kappa shape index (κ1) is 13.4. The molecular formula is C12H14N4O2S. The molecule has 0 radical (unpaired) electrons. The Bertz CT molecular complexity index is 620. The predicted octanol–water partition coefficient (Wildman–Crippen LogP) is 0.941. The van der Waals surface area contributed by atoms with Crippen LogP contribution in [0.2, 0.25) is 0 Å². The standard InChI is InChI=1S/C12H14N4O2S/c1-16-10(14-15-12(16)19)9(7-17)13-11(18)8-5-3-2-4-6-8/h2-6,9,17H,7H2,1H3,(H,13,18)(H,15,19)/t9-/m1/s1. The van der Waals surface area contributed by atoms with Crippen LogP contribution in [0.15, 0.2) is 30.3 Å². The summed E-state index contributed by atoms with van der Waals surface area (Å²) in [5.74, 6) is 0.213. The van der Waals surface area contributed by atoms with Gasteiger partial charge in [0.25, 0.3) is 5.91 Å². The minimum atomic E-state index is -0.606. The van der Waals surface area contributed by atoms with E-state index in [0.717, 1.165) is 0 Å². The predicted molar refractivity (Wildman–Crippen MR) is 72.1 cm³/mol. The molecular weight excluding hydrogens is 264 g/mol. The number of aliphatic hydroxyl groups is 1. The number of carbonyl (C=O) groups excluding carboxylic acids is 1. The van der Waals surface area contributed by atoms with E-state index in [4.69, 9.17) is 12.2 Å². The summed E-state index contributed by atoms with van der Waals surface area (Å²) >= 11 is 5.00. The number of aromatic amines is 1. The number of nitrogens with zero attached hydrogens (tertiary/aromatic N) is 2. The topological polar surface area (TPSA) is 82.9 Å². The molecule has 7 heteroatoms. The third-order valence-electron chi connectivity index (χ3n) is 2.75. The number of carbonyl (C=O) groups is 1. The van der Waals surface area contributed by atoms with Gasteiger partial charge in [0.2, 0.25) is 0 Å². The number of H-pyrrole nitrogens is 1. The van der Waals surface area contributed by atoms with Gasteiger partial charge in [-0.15, -0.1) is 0 Å². The van der Waals surface area contributed by atoms with E-state index < -0.39 is 6.04 Å². The Kier molecular flexibility index (Phi) is 4.08. The number of rotatable bonds is 4. The van der Waals surface area contributed by atoms with Crippen molar-refractivity contribution >= 4 is 18.1 Å². The number of aliphatic hydroxyl groups excluding tert-OH is 1. The molecule has 0 aliphatic carbocycles. The molecule has 0 aliphatic heterocycles. The van der Waals surface area contributed by atoms with Gasteiger partial charge in [0.1, 0.15) is 6.04 Å². The van der Waals surface area contributed by atoms with Crippen LogP contribution in [-0.4, -0.2) is 32.4 Å². The van der Waals surface area contributed by atoms with Crippen molar-refractivity contribution in [2.45, 2.75) is 6.04 Å². The molecule has 1 aromatic carbocycles. The number of hydrogen-bond acceptors (Lipinski definition) is 4. The second-order valence-corrected chi connectivity index (χ2v) is 4.41. The fourth-order valence-corrected chi connectivity index (χ4v) is 1.83. The maximum atomic E-state index is 12.0. The van der Waals surface area contributed by atoms with Gasteiger partial charge >= 0.3 is 0 Å². The average Bonchev–Trinajstić information content (AvgIpc) is 2.77. The second-order valence-electron chi connectivity index (χ2n) is 4.02. The van der Waals surface area contributed by atoms with Crippen LogP contribution in [0.25, 0.3) is 0 Å². The van der Waals surface area contributed by atoms with Crippen LogP contribution in [0, 0.1) is 4.77 Å². The van der Waals surface area contributed by atoms with E-state index >= 15 is 0 Å². The number of nitrogens with one attached hydrogen (secondary N) is 2. The third-order valence-corrected chi connectivity index (χ3v) is 3.12. The lowest BCUT2D eigenvalue weighted by Gasteiger charge is -2.15. The van der Waals surface area contributed by atoms with Gasteiger partial charge in [-0.1, -0.05) is 18.2 Å². The Hall–Kier alpha value is -1.99. The molecule has 1 atom stereocenters. The van der Waals surface area contributed by atoms with Crippen LogP contribution < -0.4 is 5.32 Å². The Balaban J connectivity index is 2.19. The second kappa shape index (κ2) is 5.77. The lowest BCUT2D eigenvalue weighted by atomic mass is 10.2. The lowest BCUT2D eigenvalue weighted by molar-refractivity contribution is 0.0912. The van der Waals surface area contributed by atoms with Crippen molar-refractivity contribution in [2.75, 3.05) is 6.61 Å². The first-order valence-corrected chi connectivity index (χ1v) is 6.12.